The van der Waals surface area contributed by atoms with Gasteiger partial charge >= 0.3 is 0 Å². The minimum absolute atomic E-state index is 0.716. The van der Waals surface area contributed by atoms with Crippen LogP contribution in [0.1, 0.15) is 27.2 Å². The summed E-state index contributed by atoms with van der Waals surface area (Å²) >= 11 is 0. The second-order valence-electron chi connectivity index (χ2n) is 3.74. The van der Waals surface area contributed by atoms with E-state index in [2.05, 4.69) is 46.0 Å². The zero-order valence-electron chi connectivity index (χ0n) is 9.05. The summed E-state index contributed by atoms with van der Waals surface area (Å²) in [6.45, 7) is 11.9. The van der Waals surface area contributed by atoms with Crippen molar-refractivity contribution in [2.75, 3.05) is 6.61 Å². The predicted octanol–water partition coefficient (Wildman–Crippen LogP) is 3.58. The first-order valence-electron chi connectivity index (χ1n) is 4.79. The summed E-state index contributed by atoms with van der Waals surface area (Å²) in [5.74, 6) is 0. The maximum absolute atomic E-state index is 5.79. The lowest BCUT2D eigenvalue weighted by Gasteiger charge is -2.28. The number of allylic oxidation sites excluding steroid dienone is 2. The first-order chi connectivity index (χ1) is 5.54. The monoisotopic (exact) mass is 186 g/mol. The van der Waals surface area contributed by atoms with Gasteiger partial charge in [0.05, 0.1) is 0 Å². The van der Waals surface area contributed by atoms with Crippen LogP contribution >= 0.6 is 0 Å². The van der Waals surface area contributed by atoms with Gasteiger partial charge in [-0.15, -0.1) is 0 Å². The lowest BCUT2D eigenvalue weighted by molar-refractivity contribution is 0.321. The molecule has 0 rings (SSSR count). The van der Waals surface area contributed by atoms with E-state index in [0.717, 1.165) is 13.0 Å². The Hall–Kier alpha value is -0.0831. The third-order valence-electron chi connectivity index (χ3n) is 2.43. The fourth-order valence-electron chi connectivity index (χ4n) is 1.14. The minimum Gasteiger partial charge on any atom is -0.417 e. The molecule has 0 spiro atoms. The number of hydrogen-bond acceptors (Lipinski definition) is 1. The molecular weight excluding hydrogens is 164 g/mol. The Labute approximate surface area is 78.0 Å². The Morgan fingerprint density at radius 3 is 2.42 bits per heavy atom. The van der Waals surface area contributed by atoms with Crippen LogP contribution in [-0.4, -0.2) is 14.9 Å². The molecule has 0 bridgehead atoms. The highest BCUT2D eigenvalue weighted by Crippen LogP contribution is 2.25. The molecule has 0 aliphatic carbocycles. The van der Waals surface area contributed by atoms with Crippen molar-refractivity contribution >= 4 is 8.32 Å². The average Bonchev–Trinajstić information content (AvgIpc) is 2.00. The van der Waals surface area contributed by atoms with Crippen LogP contribution in [0.3, 0.4) is 0 Å². The first-order valence-corrected chi connectivity index (χ1v) is 7.78. The lowest BCUT2D eigenvalue weighted by atomic mass is 10.3. The highest BCUT2D eigenvalue weighted by Gasteiger charge is 2.28. The Kier molecular flexibility index (Phi) is 5.50. The van der Waals surface area contributed by atoms with Crippen LogP contribution in [-0.2, 0) is 4.43 Å². The van der Waals surface area contributed by atoms with Crippen molar-refractivity contribution in [1.82, 2.24) is 0 Å². The highest BCUT2D eigenvalue weighted by atomic mass is 28.4. The summed E-state index contributed by atoms with van der Waals surface area (Å²) in [5, 5.41) is 0. The Morgan fingerprint density at radius 2 is 2.00 bits per heavy atom. The van der Waals surface area contributed by atoms with Crippen molar-refractivity contribution < 1.29 is 4.43 Å². The van der Waals surface area contributed by atoms with Crippen molar-refractivity contribution in [2.45, 2.75) is 45.8 Å². The van der Waals surface area contributed by atoms with Gasteiger partial charge in [-0.2, -0.15) is 0 Å². The maximum Gasteiger partial charge on any atom is 0.189 e. The second-order valence-corrected chi connectivity index (χ2v) is 8.22. The highest BCUT2D eigenvalue weighted by molar-refractivity contribution is 6.72. The molecule has 0 aromatic carbocycles. The largest absolute Gasteiger partial charge is 0.417 e. The van der Waals surface area contributed by atoms with Gasteiger partial charge in [-0.1, -0.05) is 19.1 Å². The summed E-state index contributed by atoms with van der Waals surface area (Å²) in [7, 11) is -1.40. The van der Waals surface area contributed by atoms with Crippen molar-refractivity contribution in [3.63, 3.8) is 0 Å². The van der Waals surface area contributed by atoms with E-state index < -0.39 is 8.32 Å². The van der Waals surface area contributed by atoms with Crippen LogP contribution in [0.4, 0.5) is 0 Å². The zero-order chi connectivity index (χ0) is 9.61. The van der Waals surface area contributed by atoms with Gasteiger partial charge in [-0.3, -0.25) is 0 Å². The fraction of sp³-hybridized carbons (Fsp3) is 0.800. The molecule has 0 aliphatic heterocycles. The molecule has 0 heterocycles. The van der Waals surface area contributed by atoms with Gasteiger partial charge in [0.2, 0.25) is 0 Å². The summed E-state index contributed by atoms with van der Waals surface area (Å²) in [6, 6.07) is 0. The Bertz CT molecular complexity index is 141. The molecule has 0 aromatic rings. The Morgan fingerprint density at radius 1 is 1.42 bits per heavy atom. The third-order valence-corrected chi connectivity index (χ3v) is 6.07. The molecule has 1 nitrogen and oxygen atoms in total. The van der Waals surface area contributed by atoms with Crippen molar-refractivity contribution in [3.8, 4) is 0 Å². The maximum atomic E-state index is 5.79. The van der Waals surface area contributed by atoms with E-state index in [4.69, 9.17) is 4.43 Å². The van der Waals surface area contributed by atoms with Crippen LogP contribution in [0.25, 0.3) is 0 Å². The van der Waals surface area contributed by atoms with E-state index in [0.29, 0.717) is 5.54 Å². The molecule has 0 amide bonds. The quantitative estimate of drug-likeness (QED) is 0.471. The lowest BCUT2D eigenvalue weighted by Crippen LogP contribution is -2.35. The van der Waals surface area contributed by atoms with E-state index >= 15 is 0 Å². The van der Waals surface area contributed by atoms with E-state index in [1.54, 1.807) is 0 Å². The van der Waals surface area contributed by atoms with E-state index in [1.165, 1.54) is 0 Å². The van der Waals surface area contributed by atoms with Crippen LogP contribution in [0.5, 0.6) is 0 Å². The molecule has 0 radical (unpaired) electrons. The summed E-state index contributed by atoms with van der Waals surface area (Å²) in [6.07, 6.45) is 5.51. The number of rotatable bonds is 5. The topological polar surface area (TPSA) is 9.23 Å². The van der Waals surface area contributed by atoms with Gasteiger partial charge < -0.3 is 4.43 Å². The minimum atomic E-state index is -1.40. The van der Waals surface area contributed by atoms with Gasteiger partial charge in [-0.05, 0) is 38.9 Å². The molecular formula is C10H22OSi. The molecule has 0 N–H and O–H groups in total. The van der Waals surface area contributed by atoms with Gasteiger partial charge in [0.15, 0.2) is 8.32 Å². The van der Waals surface area contributed by atoms with Crippen LogP contribution in [0, 0.1) is 0 Å². The van der Waals surface area contributed by atoms with Crippen molar-refractivity contribution in [3.05, 3.63) is 12.2 Å². The molecule has 0 saturated heterocycles. The van der Waals surface area contributed by atoms with E-state index in [1.807, 2.05) is 0 Å². The smallest absolute Gasteiger partial charge is 0.189 e. The van der Waals surface area contributed by atoms with Crippen molar-refractivity contribution in [1.29, 1.82) is 0 Å². The second kappa shape index (κ2) is 5.54. The van der Waals surface area contributed by atoms with Gasteiger partial charge in [-0.25, -0.2) is 0 Å². The molecule has 0 fully saturated rings. The van der Waals surface area contributed by atoms with Crippen LogP contribution in [0.15, 0.2) is 12.2 Å². The summed E-state index contributed by atoms with van der Waals surface area (Å²) < 4.78 is 5.79. The van der Waals surface area contributed by atoms with E-state index in [9.17, 15) is 0 Å². The fourth-order valence-corrected chi connectivity index (χ4v) is 2.87. The molecule has 0 aliphatic rings. The van der Waals surface area contributed by atoms with E-state index in [-0.39, 0.29) is 0 Å². The molecule has 0 saturated carbocycles. The Balaban J connectivity index is 3.95. The molecule has 0 aromatic heterocycles. The number of hydrogen-bond donors (Lipinski definition) is 0. The standard InChI is InChI=1S/C10H22OSi/c1-6-8-9-10(3)12(4,5)11-7-2/h6,8,10H,7,9H2,1-5H3. The van der Waals surface area contributed by atoms with Crippen LogP contribution in [0.2, 0.25) is 18.6 Å². The zero-order valence-corrected chi connectivity index (χ0v) is 10.1. The molecule has 2 heteroatoms. The molecule has 1 atom stereocenters. The third kappa shape index (κ3) is 4.07. The van der Waals surface area contributed by atoms with Crippen LogP contribution < -0.4 is 0 Å². The molecule has 72 valence electrons. The predicted molar refractivity (Wildman–Crippen MR) is 58.0 cm³/mol. The molecule has 12 heavy (non-hydrogen) atoms. The SMILES string of the molecule is CC=CCC(C)[Si](C)(C)OCC. The van der Waals surface area contributed by atoms with Gasteiger partial charge in [0, 0.05) is 6.61 Å². The summed E-state index contributed by atoms with van der Waals surface area (Å²) in [5.41, 5.74) is 0.716. The summed E-state index contributed by atoms with van der Waals surface area (Å²) in [4.78, 5) is 0. The average molecular weight is 186 g/mol. The first kappa shape index (κ1) is 11.9. The van der Waals surface area contributed by atoms with Gasteiger partial charge in [0.25, 0.3) is 0 Å². The van der Waals surface area contributed by atoms with Gasteiger partial charge in [0.1, 0.15) is 0 Å². The van der Waals surface area contributed by atoms with Crippen molar-refractivity contribution in [2.24, 2.45) is 0 Å². The molecule has 1 unspecified atom stereocenters. The normalized spacial score (nSPS) is 15.4.